The Balaban J connectivity index is 0. The van der Waals surface area contributed by atoms with Gasteiger partial charge in [0, 0.05) is 0 Å². The zero-order valence-corrected chi connectivity index (χ0v) is 3.39. The van der Waals surface area contributed by atoms with Gasteiger partial charge in [-0.1, -0.05) is 5.92 Å². The van der Waals surface area contributed by atoms with Crippen LogP contribution in [0.4, 0.5) is 0 Å². The van der Waals surface area contributed by atoms with Crippen molar-refractivity contribution in [3.63, 3.8) is 0 Å². The number of carbonyl (C=O) groups is 1. The summed E-state index contributed by atoms with van der Waals surface area (Å²) in [6, 6.07) is 0. The second kappa shape index (κ2) is 4.63. The van der Waals surface area contributed by atoms with Crippen LogP contribution in [0.15, 0.2) is 0 Å². The van der Waals surface area contributed by atoms with Gasteiger partial charge in [-0.05, 0) is 0 Å². The molecule has 2 nitrogen and oxygen atoms in total. The third-order valence-corrected chi connectivity index (χ3v) is 0.118. The van der Waals surface area contributed by atoms with Crippen molar-refractivity contribution in [3.8, 4) is 12.3 Å². The molecule has 0 aliphatic carbocycles. The predicted octanol–water partition coefficient (Wildman–Crippen LogP) is -4.63. The number of aliphatic carboxylic acids is 1. The van der Waals surface area contributed by atoms with Crippen LogP contribution in [0.2, 0.25) is 0 Å². The van der Waals surface area contributed by atoms with E-state index in [0.717, 1.165) is 0 Å². The van der Waals surface area contributed by atoms with Gasteiger partial charge in [-0.2, -0.15) is 0 Å². The first-order valence-electron chi connectivity index (χ1n) is 0.947. The van der Waals surface area contributed by atoms with Gasteiger partial charge in [0.2, 0.25) is 0 Å². The number of hydrogen-bond donors (Lipinski definition) is 0. The molecule has 0 aliphatic rings. The predicted molar refractivity (Wildman–Crippen MR) is 13.8 cm³/mol. The summed E-state index contributed by atoms with van der Waals surface area (Å²) in [7, 11) is 0. The van der Waals surface area contributed by atoms with E-state index >= 15 is 0 Å². The molecule has 0 saturated heterocycles. The Kier molecular flexibility index (Phi) is 7.06. The summed E-state index contributed by atoms with van der Waals surface area (Å²) in [5.74, 6) is -0.134. The molecule has 0 aromatic heterocycles. The van der Waals surface area contributed by atoms with Crippen molar-refractivity contribution in [1.82, 2.24) is 0 Å². The monoisotopic (exact) mass is 76.0 g/mol. The maximum Gasteiger partial charge on any atom is 1.00 e. The quantitative estimate of drug-likeness (QED) is 0.215. The van der Waals surface area contributed by atoms with Crippen molar-refractivity contribution in [1.29, 1.82) is 0 Å². The minimum Gasteiger partial charge on any atom is -0.537 e. The summed E-state index contributed by atoms with van der Waals surface area (Å²) in [4.78, 5) is 9.02. The third kappa shape index (κ3) is 9.45. The van der Waals surface area contributed by atoms with Gasteiger partial charge in [0.05, 0.1) is 0 Å². The van der Waals surface area contributed by atoms with Crippen LogP contribution in [0.5, 0.6) is 0 Å². The van der Waals surface area contributed by atoms with Crippen molar-refractivity contribution < 1.29 is 28.8 Å². The van der Waals surface area contributed by atoms with Crippen LogP contribution in [-0.2, 0) is 4.79 Å². The van der Waals surface area contributed by atoms with Gasteiger partial charge < -0.3 is 9.90 Å². The van der Waals surface area contributed by atoms with E-state index in [1.165, 1.54) is 5.92 Å². The van der Waals surface area contributed by atoms with Crippen LogP contribution >= 0.6 is 0 Å². The Morgan fingerprint density at radius 3 is 2.00 bits per heavy atom. The van der Waals surface area contributed by atoms with E-state index < -0.39 is 5.97 Å². The average Bonchev–Trinajstić information content (AvgIpc) is 1.38. The molecule has 26 valence electrons. The SMILES string of the molecule is C#CC(=O)[O-].[Li+]. The van der Waals surface area contributed by atoms with E-state index in [2.05, 4.69) is 6.42 Å². The van der Waals surface area contributed by atoms with Crippen LogP contribution in [-0.4, -0.2) is 5.97 Å². The number of terminal acetylenes is 1. The van der Waals surface area contributed by atoms with E-state index in [1.807, 2.05) is 0 Å². The van der Waals surface area contributed by atoms with Gasteiger partial charge in [-0.15, -0.1) is 6.42 Å². The fourth-order valence-electron chi connectivity index (χ4n) is 0. The van der Waals surface area contributed by atoms with Gasteiger partial charge >= 0.3 is 18.9 Å². The molecule has 0 rings (SSSR count). The number of carboxylic acid groups (broad SMARTS) is 1. The molecule has 6 heavy (non-hydrogen) atoms. The smallest absolute Gasteiger partial charge is 0.537 e. The number of carbonyl (C=O) groups excluding carboxylic acids is 1. The number of rotatable bonds is 0. The van der Waals surface area contributed by atoms with E-state index in [-0.39, 0.29) is 18.9 Å². The standard InChI is InChI=1S/C3H2O2.Li/c1-2-3(4)5;/h1H,(H,4,5);/q;+1/p-1. The molecule has 0 N–H and O–H groups in total. The van der Waals surface area contributed by atoms with Gasteiger partial charge in [-0.25, -0.2) is 0 Å². The molecule has 0 fully saturated rings. The summed E-state index contributed by atoms with van der Waals surface area (Å²) in [5, 5.41) is 9.02. The first-order chi connectivity index (χ1) is 2.27. The fraction of sp³-hybridized carbons (Fsp3) is 0. The number of carboxylic acids is 1. The van der Waals surface area contributed by atoms with Gasteiger partial charge in [-0.3, -0.25) is 0 Å². The van der Waals surface area contributed by atoms with Crippen LogP contribution < -0.4 is 24.0 Å². The molecule has 0 unspecified atom stereocenters. The van der Waals surface area contributed by atoms with E-state index in [1.54, 1.807) is 0 Å². The molecule has 0 aromatic rings. The number of hydrogen-bond acceptors (Lipinski definition) is 2. The zero-order valence-electron chi connectivity index (χ0n) is 3.39. The largest absolute Gasteiger partial charge is 1.00 e. The minimum atomic E-state index is -1.47. The summed E-state index contributed by atoms with van der Waals surface area (Å²) >= 11 is 0. The molecule has 0 aliphatic heterocycles. The van der Waals surface area contributed by atoms with Gasteiger partial charge in [0.1, 0.15) is 5.97 Å². The molecule has 0 radical (unpaired) electrons. The van der Waals surface area contributed by atoms with Gasteiger partial charge in [0.25, 0.3) is 0 Å². The Hall–Kier alpha value is -0.373. The summed E-state index contributed by atoms with van der Waals surface area (Å²) in [5.41, 5.74) is 0. The van der Waals surface area contributed by atoms with Crippen LogP contribution in [0.1, 0.15) is 0 Å². The molecular weight excluding hydrogens is 75.0 g/mol. The zero-order chi connectivity index (χ0) is 4.28. The molecule has 0 bridgehead atoms. The van der Waals surface area contributed by atoms with Crippen molar-refractivity contribution in [2.45, 2.75) is 0 Å². The second-order valence-corrected chi connectivity index (χ2v) is 0.432. The Morgan fingerprint density at radius 1 is 1.83 bits per heavy atom. The van der Waals surface area contributed by atoms with E-state index in [9.17, 15) is 0 Å². The average molecular weight is 76.0 g/mol. The topological polar surface area (TPSA) is 40.1 Å². The van der Waals surface area contributed by atoms with Crippen molar-refractivity contribution in [3.05, 3.63) is 0 Å². The first-order valence-corrected chi connectivity index (χ1v) is 0.947. The van der Waals surface area contributed by atoms with Crippen molar-refractivity contribution in [2.75, 3.05) is 0 Å². The van der Waals surface area contributed by atoms with E-state index in [4.69, 9.17) is 9.90 Å². The Morgan fingerprint density at radius 2 is 2.00 bits per heavy atom. The molecule has 0 aromatic carbocycles. The summed E-state index contributed by atoms with van der Waals surface area (Å²) < 4.78 is 0. The molecule has 0 heterocycles. The Labute approximate surface area is 47.7 Å². The molecule has 0 saturated carbocycles. The van der Waals surface area contributed by atoms with Crippen LogP contribution in [0.3, 0.4) is 0 Å². The molecule has 0 spiro atoms. The van der Waals surface area contributed by atoms with Crippen molar-refractivity contribution >= 4 is 5.97 Å². The first kappa shape index (κ1) is 9.16. The van der Waals surface area contributed by atoms with Gasteiger partial charge in [0.15, 0.2) is 0 Å². The summed E-state index contributed by atoms with van der Waals surface area (Å²) in [6.07, 6.45) is 4.26. The molecule has 0 atom stereocenters. The maximum absolute atomic E-state index is 9.02. The van der Waals surface area contributed by atoms with Crippen LogP contribution in [0.25, 0.3) is 0 Å². The minimum absolute atomic E-state index is 0. The summed E-state index contributed by atoms with van der Waals surface area (Å²) in [6.45, 7) is 0. The van der Waals surface area contributed by atoms with E-state index in [0.29, 0.717) is 0 Å². The Bertz CT molecular complexity index is 81.3. The third-order valence-electron chi connectivity index (χ3n) is 0.118. The van der Waals surface area contributed by atoms with Crippen molar-refractivity contribution in [2.24, 2.45) is 0 Å². The molecular formula is C3HLiO2. The maximum atomic E-state index is 9.02. The molecule has 0 amide bonds. The normalized spacial score (nSPS) is 4.50. The molecule has 3 heteroatoms. The van der Waals surface area contributed by atoms with Crippen LogP contribution in [0, 0.1) is 12.3 Å². The fourth-order valence-corrected chi connectivity index (χ4v) is 0. The second-order valence-electron chi connectivity index (χ2n) is 0.432.